The predicted molar refractivity (Wildman–Crippen MR) is 120 cm³/mol. The average Bonchev–Trinajstić information content (AvgIpc) is 3.31. The minimum atomic E-state index is 0. The van der Waals surface area contributed by atoms with Crippen molar-refractivity contribution in [3.05, 3.63) is 40.9 Å². The molecule has 27 heavy (non-hydrogen) atoms. The van der Waals surface area contributed by atoms with Crippen molar-refractivity contribution >= 4 is 46.2 Å². The van der Waals surface area contributed by atoms with Gasteiger partial charge in [0.25, 0.3) is 0 Å². The van der Waals surface area contributed by atoms with E-state index in [0.717, 1.165) is 35.9 Å². The first-order chi connectivity index (χ1) is 12.6. The lowest BCUT2D eigenvalue weighted by Crippen LogP contribution is -2.45. The summed E-state index contributed by atoms with van der Waals surface area (Å²) < 4.78 is 4.12. The van der Waals surface area contributed by atoms with Crippen LogP contribution in [-0.4, -0.2) is 38.2 Å². The molecule has 3 aromatic heterocycles. The highest BCUT2D eigenvalue weighted by Crippen LogP contribution is 2.21. The van der Waals surface area contributed by atoms with Crippen molar-refractivity contribution in [3.8, 4) is 0 Å². The molecule has 1 unspecified atom stereocenters. The molecule has 0 amide bonds. The molecule has 9 heteroatoms. The summed E-state index contributed by atoms with van der Waals surface area (Å²) >= 11 is 1.64. The second kappa shape index (κ2) is 8.59. The van der Waals surface area contributed by atoms with E-state index in [1.165, 1.54) is 11.3 Å². The Kier molecular flexibility index (Phi) is 6.40. The van der Waals surface area contributed by atoms with Gasteiger partial charge in [0.2, 0.25) is 0 Å². The Labute approximate surface area is 180 Å². The Morgan fingerprint density at radius 1 is 1.41 bits per heavy atom. The standard InChI is InChI=1S/C18H25N7S.HI/c1-12(2)25-10-13-4-5-14(8-16(13)23-25)21-17(19-3)20-9-15-11-24-6-7-26-18(24)22-15;/h6-7,10-12,14H,4-5,8-9H2,1-3H3,(H2,19,20,21);1H. The van der Waals surface area contributed by atoms with E-state index >= 15 is 0 Å². The zero-order valence-corrected chi connectivity index (χ0v) is 19.0. The number of guanidine groups is 1. The van der Waals surface area contributed by atoms with Crippen LogP contribution < -0.4 is 10.6 Å². The third kappa shape index (κ3) is 4.45. The van der Waals surface area contributed by atoms with Crippen LogP contribution in [0.1, 0.15) is 43.3 Å². The van der Waals surface area contributed by atoms with Crippen LogP contribution in [0.15, 0.2) is 29.0 Å². The molecular formula is C18H26IN7S. The Hall–Kier alpha value is -1.62. The molecular weight excluding hydrogens is 473 g/mol. The normalized spacial score (nSPS) is 17.0. The molecule has 3 heterocycles. The minimum absolute atomic E-state index is 0. The molecule has 1 atom stereocenters. The van der Waals surface area contributed by atoms with Crippen molar-refractivity contribution in [3.63, 3.8) is 0 Å². The number of nitrogens with zero attached hydrogens (tertiary/aromatic N) is 5. The van der Waals surface area contributed by atoms with Crippen LogP contribution in [-0.2, 0) is 19.4 Å². The summed E-state index contributed by atoms with van der Waals surface area (Å²) in [5.41, 5.74) is 3.62. The quantitative estimate of drug-likeness (QED) is 0.329. The maximum Gasteiger partial charge on any atom is 0.193 e. The third-order valence-electron chi connectivity index (χ3n) is 4.77. The molecule has 146 valence electrons. The molecule has 1 aliphatic carbocycles. The summed E-state index contributed by atoms with van der Waals surface area (Å²) in [7, 11) is 1.81. The van der Waals surface area contributed by atoms with Crippen molar-refractivity contribution in [2.45, 2.75) is 51.7 Å². The van der Waals surface area contributed by atoms with Gasteiger partial charge in [-0.2, -0.15) is 5.10 Å². The van der Waals surface area contributed by atoms with Gasteiger partial charge >= 0.3 is 0 Å². The minimum Gasteiger partial charge on any atom is -0.353 e. The molecule has 3 aromatic rings. The molecule has 4 rings (SSSR count). The Morgan fingerprint density at radius 2 is 2.26 bits per heavy atom. The number of hydrogen-bond acceptors (Lipinski definition) is 4. The van der Waals surface area contributed by atoms with Crippen LogP contribution in [0.5, 0.6) is 0 Å². The average molecular weight is 499 g/mol. The van der Waals surface area contributed by atoms with Crippen molar-refractivity contribution in [1.29, 1.82) is 0 Å². The largest absolute Gasteiger partial charge is 0.353 e. The summed E-state index contributed by atoms with van der Waals surface area (Å²) in [6.45, 7) is 4.99. The number of fused-ring (bicyclic) bond motifs is 2. The highest BCUT2D eigenvalue weighted by Gasteiger charge is 2.23. The number of aromatic nitrogens is 4. The van der Waals surface area contributed by atoms with Crippen molar-refractivity contribution in [2.75, 3.05) is 7.05 Å². The van der Waals surface area contributed by atoms with Gasteiger partial charge in [-0.25, -0.2) is 4.98 Å². The van der Waals surface area contributed by atoms with E-state index in [-0.39, 0.29) is 24.0 Å². The first-order valence-corrected chi connectivity index (χ1v) is 9.95. The summed E-state index contributed by atoms with van der Waals surface area (Å²) in [5.74, 6) is 0.818. The number of rotatable bonds is 4. The monoisotopic (exact) mass is 499 g/mol. The van der Waals surface area contributed by atoms with Gasteiger partial charge in [0, 0.05) is 49.5 Å². The molecule has 0 aliphatic heterocycles. The van der Waals surface area contributed by atoms with E-state index in [2.05, 4.69) is 51.5 Å². The smallest absolute Gasteiger partial charge is 0.193 e. The highest BCUT2D eigenvalue weighted by molar-refractivity contribution is 14.0. The first kappa shape index (κ1) is 20.1. The lowest BCUT2D eigenvalue weighted by molar-refractivity contribution is 0.499. The number of nitrogens with one attached hydrogen (secondary N) is 2. The summed E-state index contributed by atoms with van der Waals surface area (Å²) in [4.78, 5) is 9.98. The first-order valence-electron chi connectivity index (χ1n) is 9.07. The lowest BCUT2D eigenvalue weighted by atomic mass is 9.94. The Balaban J connectivity index is 0.00000210. The lowest BCUT2D eigenvalue weighted by Gasteiger charge is -2.24. The number of thiazole rings is 1. The second-order valence-electron chi connectivity index (χ2n) is 7.01. The van der Waals surface area contributed by atoms with Crippen molar-refractivity contribution < 1.29 is 0 Å². The molecule has 1 aliphatic rings. The van der Waals surface area contributed by atoms with Gasteiger partial charge < -0.3 is 10.6 Å². The fraction of sp³-hybridized carbons (Fsp3) is 0.500. The van der Waals surface area contributed by atoms with Crippen LogP contribution in [0.3, 0.4) is 0 Å². The molecule has 0 saturated carbocycles. The summed E-state index contributed by atoms with van der Waals surface area (Å²) in [6.07, 6.45) is 9.38. The third-order valence-corrected chi connectivity index (χ3v) is 5.54. The molecule has 0 spiro atoms. The van der Waals surface area contributed by atoms with Gasteiger partial charge in [-0.15, -0.1) is 35.3 Å². The molecule has 0 fully saturated rings. The highest BCUT2D eigenvalue weighted by atomic mass is 127. The number of aryl methyl sites for hydroxylation is 1. The van der Waals surface area contributed by atoms with Crippen LogP contribution in [0.4, 0.5) is 0 Å². The number of hydrogen-bond donors (Lipinski definition) is 2. The van der Waals surface area contributed by atoms with Crippen molar-refractivity contribution in [2.24, 2.45) is 4.99 Å². The van der Waals surface area contributed by atoms with Crippen molar-refractivity contribution in [1.82, 2.24) is 29.8 Å². The van der Waals surface area contributed by atoms with Gasteiger partial charge in [-0.05, 0) is 32.3 Å². The SMILES string of the molecule is CN=C(NCc1cn2ccsc2n1)NC1CCc2cn(C(C)C)nc2C1.I. The molecule has 0 aromatic carbocycles. The van der Waals surface area contributed by atoms with Gasteiger partial charge in [0.15, 0.2) is 10.9 Å². The molecule has 7 nitrogen and oxygen atoms in total. The summed E-state index contributed by atoms with van der Waals surface area (Å²) in [5, 5.41) is 13.7. The second-order valence-corrected chi connectivity index (χ2v) is 7.88. The van der Waals surface area contributed by atoms with Crippen LogP contribution in [0, 0.1) is 0 Å². The molecule has 0 bridgehead atoms. The summed E-state index contributed by atoms with van der Waals surface area (Å²) in [6, 6.07) is 0.765. The van der Waals surface area contributed by atoms with Gasteiger partial charge in [0.05, 0.1) is 17.9 Å². The van der Waals surface area contributed by atoms with Gasteiger partial charge in [-0.1, -0.05) is 0 Å². The van der Waals surface area contributed by atoms with E-state index in [9.17, 15) is 0 Å². The van der Waals surface area contributed by atoms with Crippen LogP contribution in [0.25, 0.3) is 4.96 Å². The molecule has 0 saturated heterocycles. The molecule has 0 radical (unpaired) electrons. The fourth-order valence-electron chi connectivity index (χ4n) is 3.32. The van der Waals surface area contributed by atoms with E-state index in [4.69, 9.17) is 5.10 Å². The molecule has 2 N–H and O–H groups in total. The Bertz CT molecular complexity index is 895. The van der Waals surface area contributed by atoms with E-state index < -0.39 is 0 Å². The maximum absolute atomic E-state index is 4.75. The van der Waals surface area contributed by atoms with Crippen LogP contribution in [0.2, 0.25) is 0 Å². The fourth-order valence-corrected chi connectivity index (χ4v) is 4.04. The number of aliphatic imine (C=N–C) groups is 1. The van der Waals surface area contributed by atoms with E-state index in [0.29, 0.717) is 18.6 Å². The maximum atomic E-state index is 4.75. The van der Waals surface area contributed by atoms with E-state index in [1.54, 1.807) is 11.3 Å². The topological polar surface area (TPSA) is 71.5 Å². The zero-order valence-electron chi connectivity index (χ0n) is 15.8. The Morgan fingerprint density at radius 3 is 3.00 bits per heavy atom. The number of imidazole rings is 1. The predicted octanol–water partition coefficient (Wildman–Crippen LogP) is 3.01. The van der Waals surface area contributed by atoms with Gasteiger partial charge in [0.1, 0.15) is 0 Å². The van der Waals surface area contributed by atoms with Gasteiger partial charge in [-0.3, -0.25) is 14.1 Å². The number of halogens is 1. The zero-order chi connectivity index (χ0) is 18.1. The van der Waals surface area contributed by atoms with Crippen LogP contribution >= 0.6 is 35.3 Å². The van der Waals surface area contributed by atoms with E-state index in [1.807, 2.05) is 23.0 Å².